The van der Waals surface area contributed by atoms with E-state index < -0.39 is 0 Å². The van der Waals surface area contributed by atoms with Gasteiger partial charge in [0.05, 0.1) is 17.1 Å². The van der Waals surface area contributed by atoms with E-state index in [4.69, 9.17) is 0 Å². The van der Waals surface area contributed by atoms with Crippen LogP contribution in [0.4, 0.5) is 11.6 Å². The number of aryl methyl sites for hydroxylation is 4. The van der Waals surface area contributed by atoms with Crippen LogP contribution in [0.2, 0.25) is 0 Å². The lowest BCUT2D eigenvalue weighted by Crippen LogP contribution is -2.03. The lowest BCUT2D eigenvalue weighted by Gasteiger charge is -2.08. The highest BCUT2D eigenvalue weighted by atomic mass is 15.3. The highest BCUT2D eigenvalue weighted by Gasteiger charge is 2.09. The molecule has 0 aliphatic rings. The maximum atomic E-state index is 4.52. The third-order valence-corrected chi connectivity index (χ3v) is 2.91. The summed E-state index contributed by atoms with van der Waals surface area (Å²) in [4.78, 5) is 4.52. The van der Waals surface area contributed by atoms with E-state index in [0.29, 0.717) is 0 Å². The van der Waals surface area contributed by atoms with Crippen molar-refractivity contribution >= 4 is 11.6 Å². The normalized spacial score (nSPS) is 10.9. The molecule has 2 rings (SSSR count). The Morgan fingerprint density at radius 2 is 2.06 bits per heavy atom. The highest BCUT2D eigenvalue weighted by Crippen LogP contribution is 2.19. The van der Waals surface area contributed by atoms with Gasteiger partial charge in [0.25, 0.3) is 0 Å². The molecule has 0 aliphatic heterocycles. The molecule has 0 radical (unpaired) electrons. The number of hydrogen-bond acceptors (Lipinski definition) is 3. The molecule has 18 heavy (non-hydrogen) atoms. The van der Waals surface area contributed by atoms with Gasteiger partial charge in [-0.2, -0.15) is 5.10 Å². The summed E-state index contributed by atoms with van der Waals surface area (Å²) in [6.07, 6.45) is 6.41. The zero-order valence-corrected chi connectivity index (χ0v) is 11.6. The standard InChI is InChI=1S/C13H21N5/c1-5-6-7-18-8-10(2)14-13(18)15-12-9-17(4)16-11(12)3/h8-9H,5-7H2,1-4H3,(H,14,15). The molecule has 0 bridgehead atoms. The molecule has 2 aromatic heterocycles. The summed E-state index contributed by atoms with van der Waals surface area (Å²) in [5.41, 5.74) is 3.04. The SMILES string of the molecule is CCCCn1cc(C)nc1Nc1cn(C)nc1C. The van der Waals surface area contributed by atoms with Gasteiger partial charge in [-0.3, -0.25) is 4.68 Å². The van der Waals surface area contributed by atoms with Gasteiger partial charge in [-0.15, -0.1) is 0 Å². The van der Waals surface area contributed by atoms with Gasteiger partial charge in [0.2, 0.25) is 5.95 Å². The minimum absolute atomic E-state index is 0.900. The molecule has 0 saturated carbocycles. The smallest absolute Gasteiger partial charge is 0.207 e. The van der Waals surface area contributed by atoms with Gasteiger partial charge in [0.1, 0.15) is 0 Å². The van der Waals surface area contributed by atoms with Crippen LogP contribution in [0.5, 0.6) is 0 Å². The molecule has 0 spiro atoms. The second-order valence-electron chi connectivity index (χ2n) is 4.68. The molecule has 1 N–H and O–H groups in total. The summed E-state index contributed by atoms with van der Waals surface area (Å²) in [5.74, 6) is 0.900. The maximum absolute atomic E-state index is 4.52. The number of nitrogens with zero attached hydrogens (tertiary/aromatic N) is 4. The fourth-order valence-electron chi connectivity index (χ4n) is 1.99. The van der Waals surface area contributed by atoms with Crippen LogP contribution in [-0.2, 0) is 13.6 Å². The molecular weight excluding hydrogens is 226 g/mol. The topological polar surface area (TPSA) is 47.7 Å². The Labute approximate surface area is 108 Å². The van der Waals surface area contributed by atoms with E-state index in [0.717, 1.165) is 36.0 Å². The summed E-state index contributed by atoms with van der Waals surface area (Å²) >= 11 is 0. The monoisotopic (exact) mass is 247 g/mol. The minimum Gasteiger partial charge on any atom is -0.323 e. The molecule has 0 saturated heterocycles. The third kappa shape index (κ3) is 2.72. The minimum atomic E-state index is 0.900. The third-order valence-electron chi connectivity index (χ3n) is 2.91. The first kappa shape index (κ1) is 12.7. The van der Waals surface area contributed by atoms with Crippen LogP contribution < -0.4 is 5.32 Å². The summed E-state index contributed by atoms with van der Waals surface area (Å²) in [7, 11) is 1.92. The van der Waals surface area contributed by atoms with Crippen molar-refractivity contribution in [1.29, 1.82) is 0 Å². The van der Waals surface area contributed by atoms with Gasteiger partial charge >= 0.3 is 0 Å². The van der Waals surface area contributed by atoms with Crippen LogP contribution in [-0.4, -0.2) is 19.3 Å². The van der Waals surface area contributed by atoms with Crippen molar-refractivity contribution in [2.24, 2.45) is 7.05 Å². The number of aromatic nitrogens is 4. The van der Waals surface area contributed by atoms with Crippen molar-refractivity contribution in [3.05, 3.63) is 23.8 Å². The van der Waals surface area contributed by atoms with Crippen LogP contribution in [0.1, 0.15) is 31.2 Å². The number of hydrogen-bond donors (Lipinski definition) is 1. The Kier molecular flexibility index (Phi) is 3.69. The first-order valence-electron chi connectivity index (χ1n) is 6.41. The van der Waals surface area contributed by atoms with E-state index in [1.807, 2.05) is 31.8 Å². The molecule has 98 valence electrons. The molecule has 0 aromatic carbocycles. The Balaban J connectivity index is 2.20. The van der Waals surface area contributed by atoms with Gasteiger partial charge < -0.3 is 9.88 Å². The average molecular weight is 247 g/mol. The molecular formula is C13H21N5. The van der Waals surface area contributed by atoms with Crippen LogP contribution in [0.15, 0.2) is 12.4 Å². The molecule has 2 aromatic rings. The molecule has 5 nitrogen and oxygen atoms in total. The summed E-state index contributed by atoms with van der Waals surface area (Å²) in [6.45, 7) is 7.21. The molecule has 0 unspecified atom stereocenters. The van der Waals surface area contributed by atoms with Crippen LogP contribution in [0.3, 0.4) is 0 Å². The zero-order valence-electron chi connectivity index (χ0n) is 11.6. The summed E-state index contributed by atoms with van der Waals surface area (Å²) in [6, 6.07) is 0. The number of nitrogens with one attached hydrogen (secondary N) is 1. The van der Waals surface area contributed by atoms with E-state index >= 15 is 0 Å². The second kappa shape index (κ2) is 5.25. The number of imidazole rings is 1. The number of unbranched alkanes of at least 4 members (excludes halogenated alkanes) is 1. The number of rotatable bonds is 5. The summed E-state index contributed by atoms with van der Waals surface area (Å²) < 4.78 is 3.98. The van der Waals surface area contributed by atoms with Crippen LogP contribution in [0.25, 0.3) is 0 Å². The summed E-state index contributed by atoms with van der Waals surface area (Å²) in [5, 5.41) is 7.68. The van der Waals surface area contributed by atoms with E-state index in [1.54, 1.807) is 0 Å². The maximum Gasteiger partial charge on any atom is 0.207 e. The highest BCUT2D eigenvalue weighted by molar-refractivity contribution is 5.55. The van der Waals surface area contributed by atoms with Crippen molar-refractivity contribution in [3.8, 4) is 0 Å². The largest absolute Gasteiger partial charge is 0.323 e. The van der Waals surface area contributed by atoms with Gasteiger partial charge in [0.15, 0.2) is 0 Å². The Morgan fingerprint density at radius 1 is 1.28 bits per heavy atom. The van der Waals surface area contributed by atoms with Gasteiger partial charge in [-0.25, -0.2) is 4.98 Å². The van der Waals surface area contributed by atoms with E-state index in [9.17, 15) is 0 Å². The quantitative estimate of drug-likeness (QED) is 0.883. The van der Waals surface area contributed by atoms with E-state index in [-0.39, 0.29) is 0 Å². The number of anilines is 2. The molecule has 0 amide bonds. The van der Waals surface area contributed by atoms with Crippen molar-refractivity contribution < 1.29 is 0 Å². The van der Waals surface area contributed by atoms with Crippen LogP contribution in [0, 0.1) is 13.8 Å². The molecule has 0 atom stereocenters. The lowest BCUT2D eigenvalue weighted by molar-refractivity contribution is 0.637. The predicted octanol–water partition coefficient (Wildman–Crippen LogP) is 2.78. The molecule has 5 heteroatoms. The van der Waals surface area contributed by atoms with Gasteiger partial charge in [-0.05, 0) is 20.3 Å². The van der Waals surface area contributed by atoms with Crippen molar-refractivity contribution in [1.82, 2.24) is 19.3 Å². The fourth-order valence-corrected chi connectivity index (χ4v) is 1.99. The van der Waals surface area contributed by atoms with Crippen molar-refractivity contribution in [2.45, 2.75) is 40.2 Å². The zero-order chi connectivity index (χ0) is 13.1. The average Bonchev–Trinajstić information content (AvgIpc) is 2.80. The Hall–Kier alpha value is -1.78. The second-order valence-corrected chi connectivity index (χ2v) is 4.68. The van der Waals surface area contributed by atoms with Crippen LogP contribution >= 0.6 is 0 Å². The first-order valence-corrected chi connectivity index (χ1v) is 6.41. The fraction of sp³-hybridized carbons (Fsp3) is 0.538. The molecule has 2 heterocycles. The molecule has 0 fully saturated rings. The predicted molar refractivity (Wildman–Crippen MR) is 73.1 cm³/mol. The first-order chi connectivity index (χ1) is 8.60. The Bertz CT molecular complexity index is 523. The molecule has 0 aliphatic carbocycles. The lowest BCUT2D eigenvalue weighted by atomic mass is 10.3. The van der Waals surface area contributed by atoms with Crippen molar-refractivity contribution in [3.63, 3.8) is 0 Å². The van der Waals surface area contributed by atoms with E-state index in [2.05, 4.69) is 33.1 Å². The van der Waals surface area contributed by atoms with Crippen molar-refractivity contribution in [2.75, 3.05) is 5.32 Å². The Morgan fingerprint density at radius 3 is 2.67 bits per heavy atom. The van der Waals surface area contributed by atoms with Gasteiger partial charge in [-0.1, -0.05) is 13.3 Å². The van der Waals surface area contributed by atoms with Gasteiger partial charge in [0, 0.05) is 26.0 Å². The van der Waals surface area contributed by atoms with E-state index in [1.165, 1.54) is 6.42 Å².